The van der Waals surface area contributed by atoms with E-state index in [9.17, 15) is 9.59 Å². The number of carbonyl (C=O) groups is 2. The lowest BCUT2D eigenvalue weighted by atomic mass is 10.1. The van der Waals surface area contributed by atoms with Crippen LogP contribution >= 0.6 is 0 Å². The number of likely N-dealkylation sites (tertiary alicyclic amines) is 1. The summed E-state index contributed by atoms with van der Waals surface area (Å²) in [5.74, 6) is 0.594. The van der Waals surface area contributed by atoms with Crippen LogP contribution in [0, 0.1) is 0 Å². The molecule has 8 heteroatoms. The summed E-state index contributed by atoms with van der Waals surface area (Å²) in [4.78, 5) is 27.2. The molecule has 1 heterocycles. The number of amides is 2. The van der Waals surface area contributed by atoms with Gasteiger partial charge in [-0.25, -0.2) is 9.59 Å². The van der Waals surface area contributed by atoms with Crippen LogP contribution in [0.1, 0.15) is 39.0 Å². The van der Waals surface area contributed by atoms with Crippen molar-refractivity contribution >= 4 is 23.6 Å². The van der Waals surface area contributed by atoms with Crippen LogP contribution in [0.15, 0.2) is 54.6 Å². The van der Waals surface area contributed by atoms with E-state index in [0.29, 0.717) is 30.3 Å². The van der Waals surface area contributed by atoms with Crippen molar-refractivity contribution in [2.45, 2.75) is 45.1 Å². The molecule has 8 nitrogen and oxygen atoms in total. The summed E-state index contributed by atoms with van der Waals surface area (Å²) in [7, 11) is 0. The second-order valence-electron chi connectivity index (χ2n) is 8.30. The van der Waals surface area contributed by atoms with Crippen LogP contribution < -0.4 is 15.4 Å². The molecule has 2 aromatic carbocycles. The van der Waals surface area contributed by atoms with Crippen molar-refractivity contribution < 1.29 is 23.8 Å². The van der Waals surface area contributed by atoms with Crippen molar-refractivity contribution in [3.8, 4) is 5.75 Å². The van der Waals surface area contributed by atoms with E-state index in [2.05, 4.69) is 22.5 Å². The summed E-state index contributed by atoms with van der Waals surface area (Å²) in [5, 5.41) is 5.45. The maximum absolute atomic E-state index is 12.5. The Hall–Kier alpha value is -3.26. The number of para-hydroxylation sites is 3. The Bertz CT molecular complexity index is 887. The van der Waals surface area contributed by atoms with Crippen molar-refractivity contribution in [3.63, 3.8) is 0 Å². The highest BCUT2D eigenvalue weighted by Crippen LogP contribution is 2.24. The van der Waals surface area contributed by atoms with Crippen LogP contribution in [0.25, 0.3) is 0 Å². The van der Waals surface area contributed by atoms with E-state index in [0.717, 1.165) is 38.8 Å². The molecule has 1 saturated heterocycles. The average Bonchev–Trinajstić information content (AvgIpc) is 2.85. The first-order valence-electron chi connectivity index (χ1n) is 12.0. The zero-order valence-corrected chi connectivity index (χ0v) is 19.8. The van der Waals surface area contributed by atoms with Gasteiger partial charge < -0.3 is 14.2 Å². The average molecular weight is 470 g/mol. The van der Waals surface area contributed by atoms with E-state index < -0.39 is 18.3 Å². The Kier molecular flexibility index (Phi) is 10.5. The third kappa shape index (κ3) is 8.94. The van der Waals surface area contributed by atoms with E-state index in [1.807, 2.05) is 36.4 Å². The van der Waals surface area contributed by atoms with E-state index in [1.165, 1.54) is 6.42 Å². The zero-order valence-electron chi connectivity index (χ0n) is 19.8. The molecule has 1 aliphatic heterocycles. The maximum atomic E-state index is 12.5. The summed E-state index contributed by atoms with van der Waals surface area (Å²) < 4.78 is 16.8. The SMILES string of the molecule is CCCCOc1ccccc1NC(=O)OCC(CN1CCCCC1)OC(=O)Nc1ccccc1. The second kappa shape index (κ2) is 14.1. The molecule has 1 unspecified atom stereocenters. The van der Waals surface area contributed by atoms with Crippen LogP contribution in [0.2, 0.25) is 0 Å². The van der Waals surface area contributed by atoms with Gasteiger partial charge >= 0.3 is 12.2 Å². The summed E-state index contributed by atoms with van der Waals surface area (Å²) in [6.07, 6.45) is 3.58. The van der Waals surface area contributed by atoms with Crippen molar-refractivity contribution in [1.29, 1.82) is 0 Å². The van der Waals surface area contributed by atoms with E-state index in [4.69, 9.17) is 14.2 Å². The zero-order chi connectivity index (χ0) is 24.0. The van der Waals surface area contributed by atoms with Crippen molar-refractivity contribution in [3.05, 3.63) is 54.6 Å². The highest BCUT2D eigenvalue weighted by molar-refractivity contribution is 5.87. The van der Waals surface area contributed by atoms with Gasteiger partial charge in [0.1, 0.15) is 12.4 Å². The summed E-state index contributed by atoms with van der Waals surface area (Å²) in [6.45, 7) is 5.00. The molecular formula is C26H35N3O5. The molecule has 3 rings (SSSR count). The summed E-state index contributed by atoms with van der Waals surface area (Å²) in [5.41, 5.74) is 1.18. The van der Waals surface area contributed by atoms with E-state index in [-0.39, 0.29) is 6.61 Å². The monoisotopic (exact) mass is 469 g/mol. The molecule has 34 heavy (non-hydrogen) atoms. The number of carbonyl (C=O) groups excluding carboxylic acids is 2. The van der Waals surface area contributed by atoms with Gasteiger partial charge in [-0.2, -0.15) is 0 Å². The van der Waals surface area contributed by atoms with Crippen molar-refractivity contribution in [1.82, 2.24) is 4.90 Å². The van der Waals surface area contributed by atoms with Crippen molar-refractivity contribution in [2.75, 3.05) is 43.5 Å². The number of piperidine rings is 1. The smallest absolute Gasteiger partial charge is 0.412 e. The Labute approximate surface area is 201 Å². The number of ether oxygens (including phenoxy) is 3. The Morgan fingerprint density at radius 2 is 1.68 bits per heavy atom. The predicted octanol–water partition coefficient (Wildman–Crippen LogP) is 5.52. The number of rotatable bonds is 11. The van der Waals surface area contributed by atoms with Gasteiger partial charge in [0.15, 0.2) is 6.10 Å². The lowest BCUT2D eigenvalue weighted by molar-refractivity contribution is 0.0299. The first-order valence-corrected chi connectivity index (χ1v) is 12.0. The fraction of sp³-hybridized carbons (Fsp3) is 0.462. The van der Waals surface area contributed by atoms with E-state index in [1.54, 1.807) is 18.2 Å². The number of hydrogen-bond donors (Lipinski definition) is 2. The minimum Gasteiger partial charge on any atom is -0.491 e. The molecule has 1 atom stereocenters. The lowest BCUT2D eigenvalue weighted by Gasteiger charge is -2.30. The standard InChI is InChI=1S/C26H35N3O5/c1-2-3-18-32-24-15-9-8-14-23(24)28-25(30)33-20-22(19-29-16-10-5-11-17-29)34-26(31)27-21-12-6-4-7-13-21/h4,6-9,12-15,22H,2-3,5,10-11,16-20H2,1H3,(H,27,31)(H,28,30). The third-order valence-corrected chi connectivity index (χ3v) is 5.48. The maximum Gasteiger partial charge on any atom is 0.412 e. The molecule has 1 fully saturated rings. The molecule has 2 N–H and O–H groups in total. The number of benzene rings is 2. The minimum absolute atomic E-state index is 0.0522. The second-order valence-corrected chi connectivity index (χ2v) is 8.30. The molecule has 2 amide bonds. The molecule has 184 valence electrons. The highest BCUT2D eigenvalue weighted by atomic mass is 16.6. The minimum atomic E-state index is -0.623. The fourth-order valence-electron chi connectivity index (χ4n) is 3.71. The first kappa shape index (κ1) is 25.4. The molecular weight excluding hydrogens is 434 g/mol. The van der Waals surface area contributed by atoms with Crippen LogP contribution in [0.4, 0.5) is 21.0 Å². The number of nitrogens with zero attached hydrogens (tertiary/aromatic N) is 1. The molecule has 0 saturated carbocycles. The fourth-order valence-corrected chi connectivity index (χ4v) is 3.71. The van der Waals surface area contributed by atoms with Gasteiger partial charge in [-0.15, -0.1) is 0 Å². The lowest BCUT2D eigenvalue weighted by Crippen LogP contribution is -2.41. The van der Waals surface area contributed by atoms with Crippen LogP contribution in [0.5, 0.6) is 5.75 Å². The number of unbranched alkanes of at least 4 members (excludes halogenated alkanes) is 1. The predicted molar refractivity (Wildman–Crippen MR) is 132 cm³/mol. The highest BCUT2D eigenvalue weighted by Gasteiger charge is 2.22. The van der Waals surface area contributed by atoms with Crippen LogP contribution in [0.3, 0.4) is 0 Å². The van der Waals surface area contributed by atoms with Crippen LogP contribution in [-0.2, 0) is 9.47 Å². The van der Waals surface area contributed by atoms with Crippen LogP contribution in [-0.4, -0.2) is 56.0 Å². The van der Waals surface area contributed by atoms with Gasteiger partial charge in [-0.3, -0.25) is 15.5 Å². The molecule has 0 radical (unpaired) electrons. The number of anilines is 2. The van der Waals surface area contributed by atoms with Gasteiger partial charge in [-0.1, -0.05) is 50.1 Å². The normalized spacial score (nSPS) is 14.6. The summed E-state index contributed by atoms with van der Waals surface area (Å²) in [6, 6.07) is 16.3. The number of nitrogens with one attached hydrogen (secondary N) is 2. The molecule has 0 aromatic heterocycles. The number of hydrogen-bond acceptors (Lipinski definition) is 6. The largest absolute Gasteiger partial charge is 0.491 e. The Morgan fingerprint density at radius 1 is 0.941 bits per heavy atom. The topological polar surface area (TPSA) is 89.1 Å². The van der Waals surface area contributed by atoms with E-state index >= 15 is 0 Å². The third-order valence-electron chi connectivity index (χ3n) is 5.48. The quantitative estimate of drug-likeness (QED) is 0.422. The Balaban J connectivity index is 1.55. The first-order chi connectivity index (χ1) is 16.6. The summed E-state index contributed by atoms with van der Waals surface area (Å²) >= 11 is 0. The molecule has 0 bridgehead atoms. The van der Waals surface area contributed by atoms with Crippen molar-refractivity contribution in [2.24, 2.45) is 0 Å². The van der Waals surface area contributed by atoms with Gasteiger partial charge in [0.25, 0.3) is 0 Å². The molecule has 2 aromatic rings. The van der Waals surface area contributed by atoms with Gasteiger partial charge in [0.05, 0.1) is 12.3 Å². The van der Waals surface area contributed by atoms with Gasteiger partial charge in [0, 0.05) is 12.2 Å². The van der Waals surface area contributed by atoms with Gasteiger partial charge in [0.2, 0.25) is 0 Å². The molecule has 1 aliphatic rings. The molecule has 0 aliphatic carbocycles. The van der Waals surface area contributed by atoms with Gasteiger partial charge in [-0.05, 0) is 56.6 Å². The Morgan fingerprint density at radius 3 is 2.44 bits per heavy atom. The molecule has 0 spiro atoms.